The second-order valence-corrected chi connectivity index (χ2v) is 8.40. The first-order chi connectivity index (χ1) is 15.7. The van der Waals surface area contributed by atoms with Gasteiger partial charge in [-0.15, -0.1) is 0 Å². The standard InChI is InChI=1S/C27H32N2O3/c1-28-17-25(23-13-12-20-8-6-7-11-22(20)16-23)27(21-9-4-3-5-10-21)32-19-26(30)29-15-14-24(18-29)31-2/h3-13,16,24-25,27-28H,14-15,17-19H2,1-2H3/t24-,25?,27+/m0/s1. The molecule has 168 valence electrons. The van der Waals surface area contributed by atoms with Gasteiger partial charge in [-0.2, -0.15) is 0 Å². The lowest BCUT2D eigenvalue weighted by Gasteiger charge is -2.29. The average molecular weight is 433 g/mol. The van der Waals surface area contributed by atoms with E-state index in [1.54, 1.807) is 7.11 Å². The van der Waals surface area contributed by atoms with Crippen molar-refractivity contribution in [3.8, 4) is 0 Å². The molecule has 3 atom stereocenters. The van der Waals surface area contributed by atoms with E-state index >= 15 is 0 Å². The van der Waals surface area contributed by atoms with Crippen molar-refractivity contribution in [2.45, 2.75) is 24.5 Å². The average Bonchev–Trinajstić information content (AvgIpc) is 3.33. The summed E-state index contributed by atoms with van der Waals surface area (Å²) in [5, 5.41) is 5.75. The maximum atomic E-state index is 12.9. The van der Waals surface area contributed by atoms with Gasteiger partial charge < -0.3 is 19.7 Å². The molecule has 0 bridgehead atoms. The number of methoxy groups -OCH3 is 1. The van der Waals surface area contributed by atoms with Gasteiger partial charge in [-0.25, -0.2) is 0 Å². The molecular formula is C27H32N2O3. The van der Waals surface area contributed by atoms with E-state index in [2.05, 4.69) is 59.9 Å². The Hall–Kier alpha value is -2.73. The fourth-order valence-corrected chi connectivity index (χ4v) is 4.54. The van der Waals surface area contributed by atoms with Crippen molar-refractivity contribution >= 4 is 16.7 Å². The quantitative estimate of drug-likeness (QED) is 0.552. The molecule has 0 spiro atoms. The SMILES string of the molecule is CNCC(c1ccc2ccccc2c1)[C@H](OCC(=O)N1CC[C@H](OC)C1)c1ccccc1. The van der Waals surface area contributed by atoms with E-state index in [1.165, 1.54) is 16.3 Å². The third kappa shape index (κ3) is 5.18. The molecule has 0 aliphatic carbocycles. The molecule has 0 radical (unpaired) electrons. The van der Waals surface area contributed by atoms with Crippen LogP contribution < -0.4 is 5.32 Å². The highest BCUT2D eigenvalue weighted by Gasteiger charge is 2.29. The summed E-state index contributed by atoms with van der Waals surface area (Å²) in [5.41, 5.74) is 2.27. The molecule has 5 heteroatoms. The summed E-state index contributed by atoms with van der Waals surface area (Å²) in [6.07, 6.45) is 0.761. The fourth-order valence-electron chi connectivity index (χ4n) is 4.54. The number of carbonyl (C=O) groups is 1. The van der Waals surface area contributed by atoms with Gasteiger partial charge in [0.05, 0.1) is 12.2 Å². The maximum absolute atomic E-state index is 12.9. The predicted molar refractivity (Wildman–Crippen MR) is 128 cm³/mol. The number of hydrogen-bond donors (Lipinski definition) is 1. The van der Waals surface area contributed by atoms with Gasteiger partial charge in [0.2, 0.25) is 5.91 Å². The summed E-state index contributed by atoms with van der Waals surface area (Å²) in [6.45, 7) is 2.16. The van der Waals surface area contributed by atoms with E-state index in [9.17, 15) is 4.79 Å². The second kappa shape index (κ2) is 10.7. The summed E-state index contributed by atoms with van der Waals surface area (Å²) < 4.78 is 11.8. The van der Waals surface area contributed by atoms with Crippen LogP contribution in [0.25, 0.3) is 10.8 Å². The number of likely N-dealkylation sites (N-methyl/N-ethyl adjacent to an activating group) is 1. The van der Waals surface area contributed by atoms with E-state index in [1.807, 2.05) is 30.1 Å². The van der Waals surface area contributed by atoms with Crippen LogP contribution in [-0.4, -0.2) is 57.3 Å². The molecule has 1 fully saturated rings. The third-order valence-electron chi connectivity index (χ3n) is 6.34. The third-order valence-corrected chi connectivity index (χ3v) is 6.34. The monoisotopic (exact) mass is 432 g/mol. The number of rotatable bonds is 9. The lowest BCUT2D eigenvalue weighted by atomic mass is 9.87. The van der Waals surface area contributed by atoms with E-state index < -0.39 is 0 Å². The van der Waals surface area contributed by atoms with Gasteiger partial charge in [0.15, 0.2) is 0 Å². The molecule has 4 rings (SSSR count). The normalized spacial score (nSPS) is 18.1. The van der Waals surface area contributed by atoms with Crippen LogP contribution in [0.4, 0.5) is 0 Å². The molecule has 5 nitrogen and oxygen atoms in total. The van der Waals surface area contributed by atoms with Crippen molar-refractivity contribution in [2.24, 2.45) is 0 Å². The van der Waals surface area contributed by atoms with Crippen molar-refractivity contribution in [3.63, 3.8) is 0 Å². The topological polar surface area (TPSA) is 50.8 Å². The fraction of sp³-hybridized carbons (Fsp3) is 0.370. The van der Waals surface area contributed by atoms with Gasteiger partial charge >= 0.3 is 0 Å². The molecule has 1 amide bonds. The zero-order valence-electron chi connectivity index (χ0n) is 18.9. The second-order valence-electron chi connectivity index (χ2n) is 8.40. The van der Waals surface area contributed by atoms with E-state index in [0.29, 0.717) is 6.54 Å². The number of nitrogens with one attached hydrogen (secondary N) is 1. The first-order valence-corrected chi connectivity index (χ1v) is 11.3. The molecule has 1 aliphatic rings. The molecule has 1 heterocycles. The van der Waals surface area contributed by atoms with Gasteiger partial charge in [0.1, 0.15) is 6.61 Å². The number of ether oxygens (including phenoxy) is 2. The lowest BCUT2D eigenvalue weighted by Crippen LogP contribution is -2.34. The predicted octanol–water partition coefficient (Wildman–Crippen LogP) is 4.15. The number of carbonyl (C=O) groups excluding carboxylic acids is 1. The Labute approximate surface area is 190 Å². The van der Waals surface area contributed by atoms with Gasteiger partial charge in [-0.1, -0.05) is 72.8 Å². The highest BCUT2D eigenvalue weighted by atomic mass is 16.5. The number of fused-ring (bicyclic) bond motifs is 1. The van der Waals surface area contributed by atoms with Crippen LogP contribution in [0.1, 0.15) is 29.6 Å². The van der Waals surface area contributed by atoms with E-state index in [-0.39, 0.29) is 30.6 Å². The highest BCUT2D eigenvalue weighted by Crippen LogP contribution is 2.35. The summed E-state index contributed by atoms with van der Waals surface area (Å²) in [4.78, 5) is 14.7. The van der Waals surface area contributed by atoms with Gasteiger partial charge in [0, 0.05) is 32.7 Å². The Balaban J connectivity index is 1.59. The number of benzene rings is 3. The minimum absolute atomic E-state index is 0.0206. The van der Waals surface area contributed by atoms with Gasteiger partial charge in [-0.3, -0.25) is 4.79 Å². The van der Waals surface area contributed by atoms with Crippen molar-refractivity contribution in [3.05, 3.63) is 83.9 Å². The smallest absolute Gasteiger partial charge is 0.248 e. The number of likely N-dealkylation sites (tertiary alicyclic amines) is 1. The lowest BCUT2D eigenvalue weighted by molar-refractivity contribution is -0.138. The highest BCUT2D eigenvalue weighted by molar-refractivity contribution is 5.83. The Morgan fingerprint density at radius 3 is 2.50 bits per heavy atom. The van der Waals surface area contributed by atoms with Crippen LogP contribution in [0.15, 0.2) is 72.8 Å². The molecule has 3 aromatic carbocycles. The summed E-state index contributed by atoms with van der Waals surface area (Å²) in [5.74, 6) is 0.0808. The minimum atomic E-state index is -0.241. The van der Waals surface area contributed by atoms with Crippen LogP contribution in [0.3, 0.4) is 0 Å². The molecule has 1 aliphatic heterocycles. The van der Waals surface area contributed by atoms with E-state index in [4.69, 9.17) is 9.47 Å². The Morgan fingerprint density at radius 2 is 1.78 bits per heavy atom. The Morgan fingerprint density at radius 1 is 1.03 bits per heavy atom. The number of amides is 1. The van der Waals surface area contributed by atoms with E-state index in [0.717, 1.165) is 25.1 Å². The first-order valence-electron chi connectivity index (χ1n) is 11.3. The summed E-state index contributed by atoms with van der Waals surface area (Å²) in [6, 6.07) is 25.2. The molecule has 1 N–H and O–H groups in total. The maximum Gasteiger partial charge on any atom is 0.248 e. The van der Waals surface area contributed by atoms with Crippen LogP contribution in [0.5, 0.6) is 0 Å². The zero-order valence-corrected chi connectivity index (χ0v) is 18.9. The molecule has 1 unspecified atom stereocenters. The summed E-state index contributed by atoms with van der Waals surface area (Å²) >= 11 is 0. The van der Waals surface area contributed by atoms with Crippen molar-refractivity contribution in [1.82, 2.24) is 10.2 Å². The van der Waals surface area contributed by atoms with Crippen molar-refractivity contribution in [2.75, 3.05) is 40.4 Å². The van der Waals surface area contributed by atoms with Crippen LogP contribution >= 0.6 is 0 Å². The molecule has 3 aromatic rings. The van der Waals surface area contributed by atoms with Crippen molar-refractivity contribution in [1.29, 1.82) is 0 Å². The van der Waals surface area contributed by atoms with Crippen LogP contribution in [0.2, 0.25) is 0 Å². The molecule has 1 saturated heterocycles. The van der Waals surface area contributed by atoms with Crippen LogP contribution in [0, 0.1) is 0 Å². The molecule has 0 aromatic heterocycles. The largest absolute Gasteiger partial charge is 0.380 e. The Kier molecular flexibility index (Phi) is 7.53. The van der Waals surface area contributed by atoms with Gasteiger partial charge in [-0.05, 0) is 35.4 Å². The number of hydrogen-bond acceptors (Lipinski definition) is 4. The van der Waals surface area contributed by atoms with Crippen LogP contribution in [-0.2, 0) is 14.3 Å². The molecular weight excluding hydrogens is 400 g/mol. The summed E-state index contributed by atoms with van der Waals surface area (Å²) in [7, 11) is 3.66. The van der Waals surface area contributed by atoms with Gasteiger partial charge in [0.25, 0.3) is 0 Å². The number of nitrogens with zero attached hydrogens (tertiary/aromatic N) is 1. The van der Waals surface area contributed by atoms with Crippen molar-refractivity contribution < 1.29 is 14.3 Å². The Bertz CT molecular complexity index is 1020. The molecule has 32 heavy (non-hydrogen) atoms. The first kappa shape index (κ1) is 22.5. The zero-order chi connectivity index (χ0) is 22.3. The molecule has 0 saturated carbocycles. The minimum Gasteiger partial charge on any atom is -0.380 e.